The fraction of sp³-hybridized carbons (Fsp3) is 0.333. The number of aromatic nitrogens is 4. The van der Waals surface area contributed by atoms with E-state index in [2.05, 4.69) is 25.7 Å². The molecule has 0 saturated heterocycles. The van der Waals surface area contributed by atoms with E-state index in [0.717, 1.165) is 10.8 Å². The molecule has 2 heterocycles. The standard InChI is InChI=1S/C15H17N5O2/c1-3-12-17-20-15(22-12)13-10-6-4-5-7-11(10)14(19-18-13)16-8-9-21-2/h4-7H,3,8-9H2,1-2H3,(H,16,19). The number of methoxy groups -OCH3 is 1. The molecule has 0 aliphatic heterocycles. The summed E-state index contributed by atoms with van der Waals surface area (Å²) in [4.78, 5) is 0. The van der Waals surface area contributed by atoms with Gasteiger partial charge in [-0.25, -0.2) is 0 Å². The summed E-state index contributed by atoms with van der Waals surface area (Å²) in [5.41, 5.74) is 0.597. The van der Waals surface area contributed by atoms with Crippen molar-refractivity contribution in [3.05, 3.63) is 30.2 Å². The van der Waals surface area contributed by atoms with Crippen LogP contribution in [-0.2, 0) is 11.2 Å². The van der Waals surface area contributed by atoms with Crippen LogP contribution in [0.25, 0.3) is 22.4 Å². The lowest BCUT2D eigenvalue weighted by molar-refractivity contribution is 0.210. The third kappa shape index (κ3) is 2.75. The first-order valence-electron chi connectivity index (χ1n) is 7.14. The molecular formula is C15H17N5O2. The van der Waals surface area contributed by atoms with Gasteiger partial charge in [-0.15, -0.1) is 20.4 Å². The van der Waals surface area contributed by atoms with Crippen molar-refractivity contribution in [3.8, 4) is 11.6 Å². The Hall–Kier alpha value is -2.54. The minimum atomic E-state index is 0.393. The predicted octanol–water partition coefficient (Wildman–Crippen LogP) is 2.30. The van der Waals surface area contributed by atoms with Gasteiger partial charge in [-0.3, -0.25) is 0 Å². The number of hydrogen-bond acceptors (Lipinski definition) is 7. The highest BCUT2D eigenvalue weighted by Crippen LogP contribution is 2.28. The molecular weight excluding hydrogens is 282 g/mol. The Kier molecular flexibility index (Phi) is 4.24. The molecule has 1 N–H and O–H groups in total. The van der Waals surface area contributed by atoms with Gasteiger partial charge in [0.2, 0.25) is 5.89 Å². The first-order chi connectivity index (χ1) is 10.8. The van der Waals surface area contributed by atoms with Crippen LogP contribution in [0.15, 0.2) is 28.7 Å². The summed E-state index contributed by atoms with van der Waals surface area (Å²) in [5.74, 6) is 1.69. The Morgan fingerprint density at radius 1 is 1.09 bits per heavy atom. The molecule has 114 valence electrons. The van der Waals surface area contributed by atoms with Crippen LogP contribution >= 0.6 is 0 Å². The fourth-order valence-electron chi connectivity index (χ4n) is 2.16. The lowest BCUT2D eigenvalue weighted by Crippen LogP contribution is -2.10. The molecule has 0 amide bonds. The topological polar surface area (TPSA) is 86.0 Å². The quantitative estimate of drug-likeness (QED) is 0.699. The smallest absolute Gasteiger partial charge is 0.268 e. The molecule has 0 atom stereocenters. The summed E-state index contributed by atoms with van der Waals surface area (Å²) >= 11 is 0. The molecule has 2 aromatic heterocycles. The molecule has 0 unspecified atom stereocenters. The number of nitrogens with one attached hydrogen (secondary N) is 1. The van der Waals surface area contributed by atoms with Gasteiger partial charge in [-0.05, 0) is 0 Å². The average molecular weight is 299 g/mol. The van der Waals surface area contributed by atoms with Crippen LogP contribution in [0.5, 0.6) is 0 Å². The lowest BCUT2D eigenvalue weighted by Gasteiger charge is -2.09. The maximum atomic E-state index is 5.60. The van der Waals surface area contributed by atoms with Crippen molar-refractivity contribution in [1.29, 1.82) is 0 Å². The lowest BCUT2D eigenvalue weighted by atomic mass is 10.1. The molecule has 0 spiro atoms. The Morgan fingerprint density at radius 3 is 2.64 bits per heavy atom. The van der Waals surface area contributed by atoms with E-state index in [4.69, 9.17) is 9.15 Å². The van der Waals surface area contributed by atoms with E-state index in [0.29, 0.717) is 42.9 Å². The van der Waals surface area contributed by atoms with Crippen LogP contribution in [0.3, 0.4) is 0 Å². The maximum Gasteiger partial charge on any atom is 0.268 e. The fourth-order valence-corrected chi connectivity index (χ4v) is 2.16. The monoisotopic (exact) mass is 299 g/mol. The van der Waals surface area contributed by atoms with Gasteiger partial charge in [0.1, 0.15) is 0 Å². The minimum absolute atomic E-state index is 0.393. The zero-order chi connectivity index (χ0) is 15.4. The van der Waals surface area contributed by atoms with E-state index in [9.17, 15) is 0 Å². The summed E-state index contributed by atoms with van der Waals surface area (Å²) in [6, 6.07) is 7.86. The second-order valence-corrected chi connectivity index (χ2v) is 4.72. The van der Waals surface area contributed by atoms with E-state index in [1.165, 1.54) is 0 Å². The van der Waals surface area contributed by atoms with Gasteiger partial charge < -0.3 is 14.5 Å². The van der Waals surface area contributed by atoms with Gasteiger partial charge >= 0.3 is 0 Å². The van der Waals surface area contributed by atoms with Crippen molar-refractivity contribution in [2.75, 3.05) is 25.6 Å². The van der Waals surface area contributed by atoms with Gasteiger partial charge in [-0.2, -0.15) is 0 Å². The number of aryl methyl sites for hydroxylation is 1. The number of anilines is 1. The van der Waals surface area contributed by atoms with Crippen molar-refractivity contribution in [2.24, 2.45) is 0 Å². The number of hydrogen-bond donors (Lipinski definition) is 1. The van der Waals surface area contributed by atoms with Crippen LogP contribution in [-0.4, -0.2) is 40.7 Å². The van der Waals surface area contributed by atoms with Crippen molar-refractivity contribution in [1.82, 2.24) is 20.4 Å². The molecule has 7 heteroatoms. The summed E-state index contributed by atoms with van der Waals surface area (Å²) in [7, 11) is 1.66. The Labute approximate surface area is 127 Å². The Balaban J connectivity index is 2.03. The van der Waals surface area contributed by atoms with Crippen molar-refractivity contribution < 1.29 is 9.15 Å². The summed E-state index contributed by atoms with van der Waals surface area (Å²) in [6.45, 7) is 3.22. The van der Waals surface area contributed by atoms with Gasteiger partial charge in [0.25, 0.3) is 5.89 Å². The molecule has 3 aromatic rings. The van der Waals surface area contributed by atoms with E-state index in [1.54, 1.807) is 7.11 Å². The molecule has 3 rings (SSSR count). The zero-order valence-corrected chi connectivity index (χ0v) is 12.5. The predicted molar refractivity (Wildman–Crippen MR) is 82.6 cm³/mol. The molecule has 0 aliphatic rings. The molecule has 22 heavy (non-hydrogen) atoms. The number of rotatable bonds is 6. The second kappa shape index (κ2) is 6.48. The number of nitrogens with zero attached hydrogens (tertiary/aromatic N) is 4. The molecule has 0 saturated carbocycles. The van der Waals surface area contributed by atoms with E-state index in [1.807, 2.05) is 31.2 Å². The Bertz CT molecular complexity index is 771. The Morgan fingerprint density at radius 2 is 1.91 bits per heavy atom. The summed E-state index contributed by atoms with van der Waals surface area (Å²) in [6.07, 6.45) is 0.690. The highest BCUT2D eigenvalue weighted by atomic mass is 16.5. The van der Waals surface area contributed by atoms with Gasteiger partial charge in [0, 0.05) is 30.8 Å². The van der Waals surface area contributed by atoms with Gasteiger partial charge in [-0.1, -0.05) is 31.2 Å². The van der Waals surface area contributed by atoms with Crippen molar-refractivity contribution >= 4 is 16.6 Å². The van der Waals surface area contributed by atoms with E-state index < -0.39 is 0 Å². The largest absolute Gasteiger partial charge is 0.419 e. The van der Waals surface area contributed by atoms with Crippen LogP contribution in [0, 0.1) is 0 Å². The first-order valence-corrected chi connectivity index (χ1v) is 7.14. The number of benzene rings is 1. The van der Waals surface area contributed by atoms with Crippen LogP contribution in [0.4, 0.5) is 5.82 Å². The van der Waals surface area contributed by atoms with Gasteiger partial charge in [0.05, 0.1) is 6.61 Å². The molecule has 7 nitrogen and oxygen atoms in total. The average Bonchev–Trinajstić information content (AvgIpc) is 3.04. The van der Waals surface area contributed by atoms with Crippen LogP contribution < -0.4 is 5.32 Å². The zero-order valence-electron chi connectivity index (χ0n) is 12.5. The second-order valence-electron chi connectivity index (χ2n) is 4.72. The van der Waals surface area contributed by atoms with Crippen LogP contribution in [0.2, 0.25) is 0 Å². The molecule has 0 bridgehead atoms. The minimum Gasteiger partial charge on any atom is -0.419 e. The molecule has 0 fully saturated rings. The van der Waals surface area contributed by atoms with Crippen LogP contribution in [0.1, 0.15) is 12.8 Å². The van der Waals surface area contributed by atoms with E-state index >= 15 is 0 Å². The number of fused-ring (bicyclic) bond motifs is 1. The highest BCUT2D eigenvalue weighted by molar-refractivity contribution is 5.98. The first kappa shape index (κ1) is 14.4. The molecule has 0 radical (unpaired) electrons. The summed E-state index contributed by atoms with van der Waals surface area (Å²) in [5, 5.41) is 21.6. The van der Waals surface area contributed by atoms with Gasteiger partial charge in [0.15, 0.2) is 11.5 Å². The number of ether oxygens (including phenoxy) is 1. The summed E-state index contributed by atoms with van der Waals surface area (Å²) < 4.78 is 10.6. The molecule has 1 aromatic carbocycles. The molecule has 0 aliphatic carbocycles. The maximum absolute atomic E-state index is 5.60. The third-order valence-electron chi connectivity index (χ3n) is 3.26. The van der Waals surface area contributed by atoms with Crippen molar-refractivity contribution in [3.63, 3.8) is 0 Å². The third-order valence-corrected chi connectivity index (χ3v) is 3.26. The normalized spacial score (nSPS) is 11.0. The van der Waals surface area contributed by atoms with Crippen molar-refractivity contribution in [2.45, 2.75) is 13.3 Å². The van der Waals surface area contributed by atoms with E-state index in [-0.39, 0.29) is 0 Å². The highest BCUT2D eigenvalue weighted by Gasteiger charge is 2.15. The SMILES string of the molecule is CCc1nnc(-c2nnc(NCCOC)c3ccccc23)o1.